The van der Waals surface area contributed by atoms with Gasteiger partial charge in [-0.3, -0.25) is 0 Å². The number of rotatable bonds is 0. The number of nitrogens with zero attached hydrogens (tertiary/aromatic N) is 2. The van der Waals surface area contributed by atoms with E-state index < -0.39 is 23.4 Å². The second-order valence-corrected chi connectivity index (χ2v) is 6.96. The van der Waals surface area contributed by atoms with Crippen molar-refractivity contribution in [3.8, 4) is 0 Å². The Morgan fingerprint density at radius 3 is 1.41 bits per heavy atom. The SMILES string of the molecule is CC(C)(C)OC(=O)N1CCNCCN1C(=O)OC(C)(C)C.Cl. The Balaban J connectivity index is 0.00000441. The number of hydrogen-bond donors (Lipinski definition) is 1. The molecule has 1 rings (SSSR count). The first-order valence-corrected chi connectivity index (χ1v) is 7.21. The van der Waals surface area contributed by atoms with Crippen molar-refractivity contribution in [2.45, 2.75) is 52.7 Å². The lowest BCUT2D eigenvalue weighted by Gasteiger charge is -2.35. The highest BCUT2D eigenvalue weighted by atomic mass is 35.5. The van der Waals surface area contributed by atoms with Crippen molar-refractivity contribution in [2.24, 2.45) is 0 Å². The van der Waals surface area contributed by atoms with Crippen LogP contribution < -0.4 is 5.32 Å². The first kappa shape index (κ1) is 20.8. The maximum absolute atomic E-state index is 12.3. The molecule has 2 amide bonds. The minimum absolute atomic E-state index is 0. The third kappa shape index (κ3) is 7.17. The molecule has 7 nitrogen and oxygen atoms in total. The van der Waals surface area contributed by atoms with E-state index in [-0.39, 0.29) is 12.4 Å². The van der Waals surface area contributed by atoms with E-state index in [9.17, 15) is 9.59 Å². The van der Waals surface area contributed by atoms with E-state index in [0.29, 0.717) is 26.2 Å². The van der Waals surface area contributed by atoms with Gasteiger partial charge in [0.2, 0.25) is 0 Å². The molecule has 0 aromatic heterocycles. The average molecular weight is 338 g/mol. The van der Waals surface area contributed by atoms with Gasteiger partial charge in [0.15, 0.2) is 0 Å². The first-order chi connectivity index (χ1) is 9.49. The normalized spacial score (nSPS) is 16.5. The molecule has 0 saturated carbocycles. The van der Waals surface area contributed by atoms with Crippen LogP contribution >= 0.6 is 12.4 Å². The molecule has 0 spiro atoms. The Morgan fingerprint density at radius 2 is 1.14 bits per heavy atom. The number of carbonyl (C=O) groups excluding carboxylic acids is 2. The standard InChI is InChI=1S/C14H27N3O4.ClH/c1-13(2,3)20-11(18)16-9-7-15-8-10-17(16)12(19)21-14(4,5)6;/h15H,7-10H2,1-6H3;1H. The maximum atomic E-state index is 12.3. The molecular weight excluding hydrogens is 310 g/mol. The van der Waals surface area contributed by atoms with Crippen molar-refractivity contribution in [3.63, 3.8) is 0 Å². The van der Waals surface area contributed by atoms with Crippen molar-refractivity contribution in [2.75, 3.05) is 26.2 Å². The van der Waals surface area contributed by atoms with Crippen LogP contribution in [-0.4, -0.2) is 59.6 Å². The van der Waals surface area contributed by atoms with Gasteiger partial charge >= 0.3 is 12.2 Å². The molecule has 0 atom stereocenters. The third-order valence-electron chi connectivity index (χ3n) is 2.50. The molecule has 22 heavy (non-hydrogen) atoms. The Morgan fingerprint density at radius 1 is 0.818 bits per heavy atom. The van der Waals surface area contributed by atoms with Crippen LogP contribution in [0, 0.1) is 0 Å². The van der Waals surface area contributed by atoms with Crippen LogP contribution in [0.25, 0.3) is 0 Å². The molecule has 0 bridgehead atoms. The van der Waals surface area contributed by atoms with Gasteiger partial charge in [-0.05, 0) is 41.5 Å². The summed E-state index contributed by atoms with van der Waals surface area (Å²) in [6, 6.07) is 0. The fraction of sp³-hybridized carbons (Fsp3) is 0.857. The van der Waals surface area contributed by atoms with Gasteiger partial charge < -0.3 is 14.8 Å². The van der Waals surface area contributed by atoms with E-state index in [4.69, 9.17) is 9.47 Å². The Bertz CT molecular complexity index is 355. The fourth-order valence-electron chi connectivity index (χ4n) is 1.75. The summed E-state index contributed by atoms with van der Waals surface area (Å²) in [4.78, 5) is 24.5. The zero-order valence-corrected chi connectivity index (χ0v) is 15.1. The van der Waals surface area contributed by atoms with Gasteiger partial charge in [0.05, 0.1) is 13.1 Å². The van der Waals surface area contributed by atoms with Gasteiger partial charge in [0, 0.05) is 13.1 Å². The topological polar surface area (TPSA) is 71.1 Å². The Labute approximate surface area is 138 Å². The predicted molar refractivity (Wildman–Crippen MR) is 86.0 cm³/mol. The summed E-state index contributed by atoms with van der Waals surface area (Å²) in [7, 11) is 0. The number of nitrogens with one attached hydrogen (secondary N) is 1. The molecule has 1 heterocycles. The number of halogens is 1. The number of ether oxygens (including phenoxy) is 2. The molecule has 0 aliphatic carbocycles. The number of hydrogen-bond acceptors (Lipinski definition) is 5. The molecule has 0 aromatic carbocycles. The Hall–Kier alpha value is -1.21. The summed E-state index contributed by atoms with van der Waals surface area (Å²) in [5.74, 6) is 0. The molecule has 1 aliphatic heterocycles. The quantitative estimate of drug-likeness (QED) is 0.735. The maximum Gasteiger partial charge on any atom is 0.429 e. The smallest absolute Gasteiger partial charge is 0.429 e. The Kier molecular flexibility index (Phi) is 7.44. The van der Waals surface area contributed by atoms with Crippen LogP contribution in [0.15, 0.2) is 0 Å². The largest absolute Gasteiger partial charge is 0.442 e. The number of hydrazine groups is 1. The highest BCUT2D eigenvalue weighted by molar-refractivity contribution is 5.85. The summed E-state index contributed by atoms with van der Waals surface area (Å²) in [5, 5.41) is 5.75. The molecule has 1 N–H and O–H groups in total. The highest BCUT2D eigenvalue weighted by Crippen LogP contribution is 2.15. The van der Waals surface area contributed by atoms with Crippen molar-refractivity contribution in [1.82, 2.24) is 15.3 Å². The van der Waals surface area contributed by atoms with Gasteiger partial charge in [0.1, 0.15) is 11.2 Å². The fourth-order valence-corrected chi connectivity index (χ4v) is 1.75. The summed E-state index contributed by atoms with van der Waals surface area (Å²) < 4.78 is 10.7. The van der Waals surface area contributed by atoms with Crippen LogP contribution in [0.3, 0.4) is 0 Å². The molecular formula is C14H28ClN3O4. The van der Waals surface area contributed by atoms with E-state index >= 15 is 0 Å². The summed E-state index contributed by atoms with van der Waals surface area (Å²) >= 11 is 0. The minimum atomic E-state index is -0.615. The van der Waals surface area contributed by atoms with E-state index in [0.717, 1.165) is 0 Å². The minimum Gasteiger partial charge on any atom is -0.442 e. The zero-order valence-electron chi connectivity index (χ0n) is 14.3. The molecule has 0 aromatic rings. The second kappa shape index (κ2) is 7.87. The molecule has 1 saturated heterocycles. The lowest BCUT2D eigenvalue weighted by atomic mass is 10.2. The van der Waals surface area contributed by atoms with Crippen LogP contribution in [0.2, 0.25) is 0 Å². The summed E-state index contributed by atoms with van der Waals surface area (Å²) in [6.45, 7) is 12.6. The monoisotopic (exact) mass is 337 g/mol. The van der Waals surface area contributed by atoms with Crippen molar-refractivity contribution in [3.05, 3.63) is 0 Å². The summed E-state index contributed by atoms with van der Waals surface area (Å²) in [6.07, 6.45) is -1.09. The molecule has 1 aliphatic rings. The van der Waals surface area contributed by atoms with Crippen molar-refractivity contribution in [1.29, 1.82) is 0 Å². The molecule has 130 valence electrons. The summed E-state index contributed by atoms with van der Waals surface area (Å²) in [5.41, 5.74) is -1.23. The average Bonchev–Trinajstić information content (AvgIpc) is 2.48. The first-order valence-electron chi connectivity index (χ1n) is 7.21. The van der Waals surface area contributed by atoms with Gasteiger partial charge in [-0.1, -0.05) is 0 Å². The lowest BCUT2D eigenvalue weighted by molar-refractivity contribution is -0.0572. The van der Waals surface area contributed by atoms with E-state index in [1.165, 1.54) is 10.0 Å². The molecule has 0 radical (unpaired) electrons. The van der Waals surface area contributed by atoms with E-state index in [2.05, 4.69) is 5.32 Å². The second-order valence-electron chi connectivity index (χ2n) is 6.96. The molecule has 8 heteroatoms. The molecule has 0 unspecified atom stereocenters. The molecule has 1 fully saturated rings. The predicted octanol–water partition coefficient (Wildman–Crippen LogP) is 2.40. The van der Waals surface area contributed by atoms with Gasteiger partial charge in [-0.25, -0.2) is 19.6 Å². The van der Waals surface area contributed by atoms with E-state index in [1.807, 2.05) is 0 Å². The third-order valence-corrected chi connectivity index (χ3v) is 2.50. The van der Waals surface area contributed by atoms with Crippen molar-refractivity contribution < 1.29 is 19.1 Å². The van der Waals surface area contributed by atoms with Crippen LogP contribution in [0.1, 0.15) is 41.5 Å². The van der Waals surface area contributed by atoms with Crippen LogP contribution in [0.4, 0.5) is 9.59 Å². The zero-order chi connectivity index (χ0) is 16.3. The van der Waals surface area contributed by atoms with Crippen LogP contribution in [-0.2, 0) is 9.47 Å². The van der Waals surface area contributed by atoms with Crippen molar-refractivity contribution >= 4 is 24.6 Å². The van der Waals surface area contributed by atoms with Gasteiger partial charge in [-0.15, -0.1) is 12.4 Å². The van der Waals surface area contributed by atoms with Gasteiger partial charge in [-0.2, -0.15) is 0 Å². The lowest BCUT2D eigenvalue weighted by Crippen LogP contribution is -2.53. The highest BCUT2D eigenvalue weighted by Gasteiger charge is 2.33. The number of amides is 2. The number of carbonyl (C=O) groups is 2. The van der Waals surface area contributed by atoms with Gasteiger partial charge in [0.25, 0.3) is 0 Å². The van der Waals surface area contributed by atoms with Crippen LogP contribution in [0.5, 0.6) is 0 Å². The van der Waals surface area contributed by atoms with E-state index in [1.54, 1.807) is 41.5 Å².